The van der Waals surface area contributed by atoms with Crippen molar-refractivity contribution in [3.05, 3.63) is 23.8 Å². The number of nitrogens with zero attached hydrogens (tertiary/aromatic N) is 1. The minimum absolute atomic E-state index is 0.148. The van der Waals surface area contributed by atoms with E-state index in [2.05, 4.69) is 0 Å². The molecule has 1 rings (SSSR count). The van der Waals surface area contributed by atoms with Gasteiger partial charge in [0.1, 0.15) is 0 Å². The highest BCUT2D eigenvalue weighted by molar-refractivity contribution is 5.18. The summed E-state index contributed by atoms with van der Waals surface area (Å²) in [6, 6.07) is 0. The first-order valence-corrected chi connectivity index (χ1v) is 2.59. The number of allylic oxidation sites excluding steroid dienone is 1. The fourth-order valence-electron chi connectivity index (χ4n) is 0.576. The number of aliphatic hydroxyl groups excluding tert-OH is 3. The molecule has 0 bridgehead atoms. The largest absolute Gasteiger partial charge is 0.503 e. The second-order valence-electron chi connectivity index (χ2n) is 1.83. The Bertz CT molecular complexity index is 198. The van der Waals surface area contributed by atoms with E-state index in [-0.39, 0.29) is 5.06 Å². The number of hydroxylamine groups is 2. The van der Waals surface area contributed by atoms with Crippen molar-refractivity contribution in [1.82, 2.24) is 5.06 Å². The van der Waals surface area contributed by atoms with E-state index in [0.29, 0.717) is 0 Å². The first kappa shape index (κ1) is 6.91. The van der Waals surface area contributed by atoms with Crippen molar-refractivity contribution in [2.24, 2.45) is 0 Å². The Hall–Kier alpha value is -1.20. The molecule has 0 spiro atoms. The molecule has 56 valence electrons. The maximum atomic E-state index is 8.75. The minimum atomic E-state index is -1.30. The lowest BCUT2D eigenvalue weighted by Crippen LogP contribution is -2.32. The van der Waals surface area contributed by atoms with Gasteiger partial charge in [-0.3, -0.25) is 5.21 Å². The quantitative estimate of drug-likeness (QED) is 0.381. The van der Waals surface area contributed by atoms with Crippen molar-refractivity contribution in [2.75, 3.05) is 0 Å². The average molecular weight is 145 g/mol. The van der Waals surface area contributed by atoms with Crippen LogP contribution in [0.1, 0.15) is 0 Å². The molecule has 0 aromatic heterocycles. The minimum Gasteiger partial charge on any atom is -0.503 e. The summed E-state index contributed by atoms with van der Waals surface area (Å²) < 4.78 is 0. The van der Waals surface area contributed by atoms with Gasteiger partial charge in [-0.1, -0.05) is 0 Å². The molecule has 1 atom stereocenters. The van der Waals surface area contributed by atoms with Gasteiger partial charge in [0.15, 0.2) is 12.0 Å². The van der Waals surface area contributed by atoms with E-state index in [1.165, 1.54) is 0 Å². The van der Waals surface area contributed by atoms with Crippen LogP contribution in [0, 0.1) is 0 Å². The van der Waals surface area contributed by atoms with Crippen LogP contribution in [0.2, 0.25) is 0 Å². The third-order valence-electron chi connectivity index (χ3n) is 1.12. The first-order chi connectivity index (χ1) is 4.63. The smallest absolute Gasteiger partial charge is 0.257 e. The van der Waals surface area contributed by atoms with Crippen LogP contribution >= 0.6 is 0 Å². The van der Waals surface area contributed by atoms with Crippen molar-refractivity contribution in [2.45, 2.75) is 6.23 Å². The van der Waals surface area contributed by atoms with Gasteiger partial charge in [-0.15, -0.1) is 0 Å². The summed E-state index contributed by atoms with van der Waals surface area (Å²) in [6.45, 7) is 0. The molecule has 10 heavy (non-hydrogen) atoms. The molecule has 5 nitrogen and oxygen atoms in total. The Morgan fingerprint density at radius 3 is 2.50 bits per heavy atom. The fraction of sp³-hybridized carbons (Fsp3) is 0.200. The molecule has 0 saturated carbocycles. The zero-order valence-corrected chi connectivity index (χ0v) is 4.97. The highest BCUT2D eigenvalue weighted by Gasteiger charge is 2.20. The van der Waals surface area contributed by atoms with Crippen LogP contribution in [0.25, 0.3) is 0 Å². The molecule has 1 aliphatic heterocycles. The van der Waals surface area contributed by atoms with Gasteiger partial charge in [-0.05, 0) is 12.2 Å². The molecule has 0 amide bonds. The third-order valence-corrected chi connectivity index (χ3v) is 1.12. The number of hydrogen-bond donors (Lipinski definition) is 4. The van der Waals surface area contributed by atoms with Crippen LogP contribution < -0.4 is 0 Å². The topological polar surface area (TPSA) is 84.2 Å². The summed E-state index contributed by atoms with van der Waals surface area (Å²) in [6.07, 6.45) is 0.915. The maximum absolute atomic E-state index is 8.75. The van der Waals surface area contributed by atoms with Gasteiger partial charge in [0.05, 0.1) is 0 Å². The summed E-state index contributed by atoms with van der Waals surface area (Å²) in [4.78, 5) is 0. The van der Waals surface area contributed by atoms with Crippen LogP contribution in [0.3, 0.4) is 0 Å². The van der Waals surface area contributed by atoms with Crippen LogP contribution in [-0.2, 0) is 0 Å². The van der Waals surface area contributed by atoms with Crippen LogP contribution in [0.5, 0.6) is 0 Å². The third kappa shape index (κ3) is 0.916. The monoisotopic (exact) mass is 145 g/mol. The van der Waals surface area contributed by atoms with Gasteiger partial charge < -0.3 is 15.3 Å². The number of aliphatic hydroxyl groups is 3. The highest BCUT2D eigenvalue weighted by Crippen LogP contribution is 2.12. The van der Waals surface area contributed by atoms with E-state index in [4.69, 9.17) is 20.5 Å². The molecule has 1 heterocycles. The zero-order valence-electron chi connectivity index (χ0n) is 4.97. The van der Waals surface area contributed by atoms with Crippen molar-refractivity contribution >= 4 is 0 Å². The highest BCUT2D eigenvalue weighted by atomic mass is 16.6. The Morgan fingerprint density at radius 2 is 2.00 bits per heavy atom. The van der Waals surface area contributed by atoms with Gasteiger partial charge in [0.25, 0.3) is 5.88 Å². The van der Waals surface area contributed by atoms with Gasteiger partial charge in [-0.25, -0.2) is 0 Å². The summed E-state index contributed by atoms with van der Waals surface area (Å²) in [5.74, 6) is -1.23. The molecular weight excluding hydrogens is 138 g/mol. The molecule has 5 heteroatoms. The molecule has 0 aliphatic carbocycles. The molecular formula is C5H7NO4. The van der Waals surface area contributed by atoms with E-state index in [9.17, 15) is 0 Å². The lowest BCUT2D eigenvalue weighted by Gasteiger charge is -2.22. The molecule has 0 aromatic carbocycles. The van der Waals surface area contributed by atoms with Crippen LogP contribution in [0.4, 0.5) is 0 Å². The summed E-state index contributed by atoms with van der Waals surface area (Å²) in [5, 5.41) is 35.0. The molecule has 0 radical (unpaired) electrons. The van der Waals surface area contributed by atoms with Gasteiger partial charge >= 0.3 is 0 Å². The van der Waals surface area contributed by atoms with Gasteiger partial charge in [-0.2, -0.15) is 5.06 Å². The Balaban J connectivity index is 2.88. The number of hydrogen-bond acceptors (Lipinski definition) is 5. The fourth-order valence-corrected chi connectivity index (χ4v) is 0.576. The predicted molar refractivity (Wildman–Crippen MR) is 31.1 cm³/mol. The standard InChI is InChI=1S/C5H7NO4/c7-3-1-2-4(8)6(10)5(3)9/h1-2,4,7-10H. The SMILES string of the molecule is OC1=C(O)N(O)C(O)C=C1. The summed E-state index contributed by atoms with van der Waals surface area (Å²) in [7, 11) is 0. The maximum Gasteiger partial charge on any atom is 0.257 e. The van der Waals surface area contributed by atoms with E-state index >= 15 is 0 Å². The van der Waals surface area contributed by atoms with E-state index in [1.54, 1.807) is 0 Å². The summed E-state index contributed by atoms with van der Waals surface area (Å²) in [5.41, 5.74) is 0. The van der Waals surface area contributed by atoms with E-state index in [1.807, 2.05) is 0 Å². The Morgan fingerprint density at radius 1 is 1.40 bits per heavy atom. The molecule has 0 aromatic rings. The average Bonchev–Trinajstić information content (AvgIpc) is 1.93. The van der Waals surface area contributed by atoms with Crippen molar-refractivity contribution in [3.63, 3.8) is 0 Å². The predicted octanol–water partition coefficient (Wildman–Crippen LogP) is -0.149. The van der Waals surface area contributed by atoms with Crippen LogP contribution in [0.15, 0.2) is 23.8 Å². The lowest BCUT2D eigenvalue weighted by atomic mass is 10.3. The van der Waals surface area contributed by atoms with E-state index in [0.717, 1.165) is 12.2 Å². The Kier molecular flexibility index (Phi) is 1.52. The lowest BCUT2D eigenvalue weighted by molar-refractivity contribution is -0.179. The Labute approximate surface area is 56.7 Å². The van der Waals surface area contributed by atoms with Crippen molar-refractivity contribution in [1.29, 1.82) is 0 Å². The van der Waals surface area contributed by atoms with Gasteiger partial charge in [0, 0.05) is 0 Å². The van der Waals surface area contributed by atoms with Crippen LogP contribution in [-0.4, -0.2) is 31.8 Å². The molecule has 1 aliphatic rings. The zero-order chi connectivity index (χ0) is 7.72. The normalized spacial score (nSPS) is 25.8. The number of rotatable bonds is 0. The molecule has 0 saturated heterocycles. The van der Waals surface area contributed by atoms with E-state index < -0.39 is 17.9 Å². The molecule has 4 N–H and O–H groups in total. The second-order valence-corrected chi connectivity index (χ2v) is 1.83. The van der Waals surface area contributed by atoms with Gasteiger partial charge in [0.2, 0.25) is 0 Å². The van der Waals surface area contributed by atoms with Crippen molar-refractivity contribution < 1.29 is 20.5 Å². The molecule has 1 unspecified atom stereocenters. The van der Waals surface area contributed by atoms with Crippen molar-refractivity contribution in [3.8, 4) is 0 Å². The first-order valence-electron chi connectivity index (χ1n) is 2.59. The summed E-state index contributed by atoms with van der Waals surface area (Å²) >= 11 is 0. The molecule has 0 fully saturated rings. The second kappa shape index (κ2) is 2.20.